The van der Waals surface area contributed by atoms with E-state index >= 15 is 0 Å². The van der Waals surface area contributed by atoms with E-state index < -0.39 is 0 Å². The molecule has 0 aromatic carbocycles. The summed E-state index contributed by atoms with van der Waals surface area (Å²) in [5, 5.41) is 6.17. The van der Waals surface area contributed by atoms with E-state index in [4.69, 9.17) is 0 Å². The minimum absolute atomic E-state index is 0.0199. The Morgan fingerprint density at radius 3 is 2.92 bits per heavy atom. The second kappa shape index (κ2) is 6.65. The van der Waals surface area contributed by atoms with E-state index in [0.29, 0.717) is 12.6 Å². The number of nitrogens with one attached hydrogen (secondary N) is 2. The van der Waals surface area contributed by atoms with Crippen molar-refractivity contribution in [1.29, 1.82) is 0 Å². The molecular weight excluding hydrogens is 316 g/mol. The van der Waals surface area contributed by atoms with Crippen molar-refractivity contribution in [1.82, 2.24) is 20.5 Å². The summed E-state index contributed by atoms with van der Waals surface area (Å²) in [6, 6.07) is 4.24. The van der Waals surface area contributed by atoms with Gasteiger partial charge < -0.3 is 15.5 Å². The molecule has 2 saturated carbocycles. The lowest BCUT2D eigenvalue weighted by Crippen LogP contribution is -2.43. The van der Waals surface area contributed by atoms with Gasteiger partial charge in [-0.05, 0) is 37.3 Å². The Morgan fingerprint density at radius 2 is 2.16 bits per heavy atom. The van der Waals surface area contributed by atoms with Gasteiger partial charge in [0.2, 0.25) is 5.91 Å². The second-order valence-corrected chi connectivity index (χ2v) is 7.80. The maximum Gasteiger partial charge on any atom is 0.317 e. The standard InChI is InChI=1S/C19H26N4O2/c24-17(21-12-14-4-3-8-20-11-14)16-10-19(16)7-9-23(13-19)18(25)22-15-5-1-2-6-15/h3-4,8,11,15-16H,1-2,5-7,9-10,12-13H2,(H,21,24)(H,22,25)/t16-,19+/m1/s1. The molecule has 3 fully saturated rings. The number of hydrogen-bond acceptors (Lipinski definition) is 3. The SMILES string of the molecule is O=C(NCc1cccnc1)[C@H]1C[C@]12CCN(C(=O)NC1CCCC1)C2. The van der Waals surface area contributed by atoms with Crippen molar-refractivity contribution in [3.05, 3.63) is 30.1 Å². The topological polar surface area (TPSA) is 74.3 Å². The van der Waals surface area contributed by atoms with Gasteiger partial charge in [-0.15, -0.1) is 0 Å². The van der Waals surface area contributed by atoms with Crippen LogP contribution in [0.3, 0.4) is 0 Å². The highest BCUT2D eigenvalue weighted by molar-refractivity contribution is 5.83. The van der Waals surface area contributed by atoms with E-state index in [9.17, 15) is 9.59 Å². The molecule has 1 spiro atoms. The summed E-state index contributed by atoms with van der Waals surface area (Å²) in [6.45, 7) is 2.01. The molecule has 3 amide bonds. The number of hydrogen-bond donors (Lipinski definition) is 2. The molecule has 0 radical (unpaired) electrons. The van der Waals surface area contributed by atoms with Crippen LogP contribution in [0.4, 0.5) is 4.79 Å². The van der Waals surface area contributed by atoms with Gasteiger partial charge in [0.05, 0.1) is 0 Å². The fourth-order valence-corrected chi connectivity index (χ4v) is 4.39. The van der Waals surface area contributed by atoms with Crippen LogP contribution in [-0.2, 0) is 11.3 Å². The van der Waals surface area contributed by atoms with Crippen LogP contribution >= 0.6 is 0 Å². The molecule has 6 heteroatoms. The molecule has 1 aromatic rings. The van der Waals surface area contributed by atoms with E-state index in [1.54, 1.807) is 12.4 Å². The van der Waals surface area contributed by atoms with Crippen molar-refractivity contribution in [2.75, 3.05) is 13.1 Å². The van der Waals surface area contributed by atoms with E-state index in [0.717, 1.165) is 44.3 Å². The van der Waals surface area contributed by atoms with Crippen molar-refractivity contribution >= 4 is 11.9 Å². The first-order chi connectivity index (χ1) is 12.2. The van der Waals surface area contributed by atoms with Gasteiger partial charge in [0, 0.05) is 49.4 Å². The maximum absolute atomic E-state index is 12.4. The van der Waals surface area contributed by atoms with Crippen LogP contribution in [0.5, 0.6) is 0 Å². The van der Waals surface area contributed by atoms with Crippen molar-refractivity contribution in [3.8, 4) is 0 Å². The Balaban J connectivity index is 1.25. The number of likely N-dealkylation sites (tertiary alicyclic amines) is 1. The Labute approximate surface area is 148 Å². The molecular formula is C19H26N4O2. The van der Waals surface area contributed by atoms with Gasteiger partial charge in [-0.1, -0.05) is 18.9 Å². The quantitative estimate of drug-likeness (QED) is 0.879. The zero-order valence-electron chi connectivity index (χ0n) is 14.5. The van der Waals surface area contributed by atoms with Gasteiger partial charge in [-0.25, -0.2) is 4.79 Å². The Kier molecular flexibility index (Phi) is 4.36. The predicted molar refractivity (Wildman–Crippen MR) is 93.6 cm³/mol. The van der Waals surface area contributed by atoms with Gasteiger partial charge in [-0.2, -0.15) is 0 Å². The van der Waals surface area contributed by atoms with Crippen LogP contribution in [0.15, 0.2) is 24.5 Å². The zero-order chi connectivity index (χ0) is 17.3. The molecule has 0 bridgehead atoms. The minimum atomic E-state index is 0.0199. The third kappa shape index (κ3) is 3.48. The highest BCUT2D eigenvalue weighted by Crippen LogP contribution is 2.58. The predicted octanol–water partition coefficient (Wildman–Crippen LogP) is 2.06. The van der Waals surface area contributed by atoms with Crippen molar-refractivity contribution in [2.24, 2.45) is 11.3 Å². The third-order valence-corrected chi connectivity index (χ3v) is 6.05. The summed E-state index contributed by atoms with van der Waals surface area (Å²) < 4.78 is 0. The van der Waals surface area contributed by atoms with Crippen LogP contribution in [0.2, 0.25) is 0 Å². The summed E-state index contributed by atoms with van der Waals surface area (Å²) in [5.74, 6) is 0.162. The first-order valence-corrected chi connectivity index (χ1v) is 9.38. The molecule has 4 rings (SSSR count). The largest absolute Gasteiger partial charge is 0.352 e. The molecule has 25 heavy (non-hydrogen) atoms. The Bertz CT molecular complexity index is 644. The summed E-state index contributed by atoms with van der Waals surface area (Å²) in [4.78, 5) is 30.8. The van der Waals surface area contributed by atoms with Crippen molar-refractivity contribution in [2.45, 2.75) is 51.1 Å². The highest BCUT2D eigenvalue weighted by Gasteiger charge is 2.61. The van der Waals surface area contributed by atoms with E-state index in [2.05, 4.69) is 15.6 Å². The number of aromatic nitrogens is 1. The molecule has 2 atom stereocenters. The number of rotatable bonds is 4. The fraction of sp³-hybridized carbons (Fsp3) is 0.632. The average Bonchev–Trinajstić information content (AvgIpc) is 2.96. The second-order valence-electron chi connectivity index (χ2n) is 7.80. The number of urea groups is 1. The Morgan fingerprint density at radius 1 is 1.32 bits per heavy atom. The van der Waals surface area contributed by atoms with Crippen LogP contribution in [0.1, 0.15) is 44.1 Å². The lowest BCUT2D eigenvalue weighted by molar-refractivity contribution is -0.123. The van der Waals surface area contributed by atoms with Gasteiger partial charge >= 0.3 is 6.03 Å². The van der Waals surface area contributed by atoms with Gasteiger partial charge in [0.1, 0.15) is 0 Å². The van der Waals surface area contributed by atoms with Crippen molar-refractivity contribution in [3.63, 3.8) is 0 Å². The number of nitrogens with zero attached hydrogens (tertiary/aromatic N) is 2. The summed E-state index contributed by atoms with van der Waals surface area (Å²) in [5.41, 5.74) is 1.03. The first kappa shape index (κ1) is 16.4. The highest BCUT2D eigenvalue weighted by atomic mass is 16.2. The van der Waals surface area contributed by atoms with E-state index in [1.807, 2.05) is 17.0 Å². The molecule has 6 nitrogen and oxygen atoms in total. The van der Waals surface area contributed by atoms with Crippen LogP contribution in [-0.4, -0.2) is 41.0 Å². The van der Waals surface area contributed by atoms with Crippen LogP contribution < -0.4 is 10.6 Å². The molecule has 1 aromatic heterocycles. The first-order valence-electron chi connectivity index (χ1n) is 9.38. The third-order valence-electron chi connectivity index (χ3n) is 6.05. The van der Waals surface area contributed by atoms with Crippen LogP contribution in [0.25, 0.3) is 0 Å². The maximum atomic E-state index is 12.4. The van der Waals surface area contributed by atoms with Crippen LogP contribution in [0, 0.1) is 11.3 Å². The smallest absolute Gasteiger partial charge is 0.317 e. The number of carbonyl (C=O) groups excluding carboxylic acids is 2. The zero-order valence-corrected chi connectivity index (χ0v) is 14.5. The molecule has 2 heterocycles. The normalized spacial score (nSPS) is 28.3. The lowest BCUT2D eigenvalue weighted by Gasteiger charge is -2.20. The monoisotopic (exact) mass is 342 g/mol. The molecule has 2 N–H and O–H groups in total. The van der Waals surface area contributed by atoms with E-state index in [1.165, 1.54) is 12.8 Å². The lowest BCUT2D eigenvalue weighted by atomic mass is 10.0. The molecule has 0 unspecified atom stereocenters. The molecule has 2 aliphatic carbocycles. The van der Waals surface area contributed by atoms with Gasteiger partial charge in [-0.3, -0.25) is 9.78 Å². The average molecular weight is 342 g/mol. The molecule has 1 aliphatic heterocycles. The number of carbonyl (C=O) groups is 2. The molecule has 3 aliphatic rings. The summed E-state index contributed by atoms with van der Waals surface area (Å²) in [7, 11) is 0. The summed E-state index contributed by atoms with van der Waals surface area (Å²) in [6.07, 6.45) is 9.98. The Hall–Kier alpha value is -2.11. The van der Waals surface area contributed by atoms with Gasteiger partial charge in [0.15, 0.2) is 0 Å². The van der Waals surface area contributed by atoms with E-state index in [-0.39, 0.29) is 23.3 Å². The fourth-order valence-electron chi connectivity index (χ4n) is 4.39. The molecule has 1 saturated heterocycles. The van der Waals surface area contributed by atoms with Gasteiger partial charge in [0.25, 0.3) is 0 Å². The molecule has 134 valence electrons. The minimum Gasteiger partial charge on any atom is -0.352 e. The summed E-state index contributed by atoms with van der Waals surface area (Å²) >= 11 is 0. The number of pyridine rings is 1. The van der Waals surface area contributed by atoms with Crippen molar-refractivity contribution < 1.29 is 9.59 Å². The number of amides is 3.